The van der Waals surface area contributed by atoms with Crippen LogP contribution in [0.2, 0.25) is 0 Å². The van der Waals surface area contributed by atoms with Gasteiger partial charge in [0.1, 0.15) is 0 Å². The first-order valence-corrected chi connectivity index (χ1v) is 7.94. The molecular weight excluding hydrogens is 270 g/mol. The molecule has 2 fully saturated rings. The third-order valence-corrected chi connectivity index (χ3v) is 4.36. The van der Waals surface area contributed by atoms with Crippen LogP contribution in [-0.4, -0.2) is 62.1 Å². The molecular formula is C15H27N3O3. The molecule has 2 amide bonds. The summed E-state index contributed by atoms with van der Waals surface area (Å²) in [7, 11) is 0. The Morgan fingerprint density at radius 3 is 2.57 bits per heavy atom. The van der Waals surface area contributed by atoms with Gasteiger partial charge >= 0.3 is 0 Å². The van der Waals surface area contributed by atoms with E-state index < -0.39 is 0 Å². The minimum Gasteiger partial charge on any atom is -0.379 e. The van der Waals surface area contributed by atoms with Crippen molar-refractivity contribution in [3.05, 3.63) is 0 Å². The van der Waals surface area contributed by atoms with Crippen molar-refractivity contribution in [2.45, 2.75) is 32.7 Å². The Balaban J connectivity index is 1.53. The molecule has 0 aromatic carbocycles. The van der Waals surface area contributed by atoms with Crippen molar-refractivity contribution in [1.29, 1.82) is 0 Å². The summed E-state index contributed by atoms with van der Waals surface area (Å²) in [6.07, 6.45) is 1.33. The van der Waals surface area contributed by atoms with Crippen LogP contribution in [0.5, 0.6) is 0 Å². The van der Waals surface area contributed by atoms with Gasteiger partial charge in [-0.3, -0.25) is 14.5 Å². The molecule has 0 aromatic heterocycles. The molecule has 0 unspecified atom stereocenters. The molecule has 1 aliphatic carbocycles. The van der Waals surface area contributed by atoms with Gasteiger partial charge in [0.15, 0.2) is 0 Å². The fraction of sp³-hybridized carbons (Fsp3) is 0.867. The number of carbonyl (C=O) groups excluding carboxylic acids is 2. The first-order valence-electron chi connectivity index (χ1n) is 7.94. The van der Waals surface area contributed by atoms with Crippen LogP contribution in [0, 0.1) is 11.8 Å². The summed E-state index contributed by atoms with van der Waals surface area (Å²) in [6.45, 7) is 8.64. The molecule has 6 heteroatoms. The maximum Gasteiger partial charge on any atom is 0.223 e. The van der Waals surface area contributed by atoms with E-state index in [2.05, 4.69) is 29.4 Å². The SMILES string of the molecule is C[C@@H]1C[C@H]1C(=O)NCCC(=O)NC[C@H](C)N1CCOCC1. The van der Waals surface area contributed by atoms with Crippen LogP contribution in [0.4, 0.5) is 0 Å². The lowest BCUT2D eigenvalue weighted by Crippen LogP contribution is -2.47. The summed E-state index contributed by atoms with van der Waals surface area (Å²) in [5.74, 6) is 0.777. The molecule has 3 atom stereocenters. The molecule has 0 radical (unpaired) electrons. The normalized spacial score (nSPS) is 27.0. The third kappa shape index (κ3) is 5.28. The first-order chi connectivity index (χ1) is 10.1. The molecule has 21 heavy (non-hydrogen) atoms. The summed E-state index contributed by atoms with van der Waals surface area (Å²) >= 11 is 0. The summed E-state index contributed by atoms with van der Waals surface area (Å²) in [4.78, 5) is 25.7. The lowest BCUT2D eigenvalue weighted by atomic mass is 10.2. The van der Waals surface area contributed by atoms with E-state index in [1.807, 2.05) is 0 Å². The van der Waals surface area contributed by atoms with Crippen LogP contribution in [0.15, 0.2) is 0 Å². The Morgan fingerprint density at radius 1 is 1.29 bits per heavy atom. The number of morpholine rings is 1. The van der Waals surface area contributed by atoms with E-state index in [1.54, 1.807) is 0 Å². The lowest BCUT2D eigenvalue weighted by Gasteiger charge is -2.32. The van der Waals surface area contributed by atoms with Gasteiger partial charge in [0.2, 0.25) is 11.8 Å². The van der Waals surface area contributed by atoms with E-state index in [9.17, 15) is 9.59 Å². The Hall–Kier alpha value is -1.14. The number of hydrogen-bond acceptors (Lipinski definition) is 4. The topological polar surface area (TPSA) is 70.7 Å². The van der Waals surface area contributed by atoms with E-state index >= 15 is 0 Å². The van der Waals surface area contributed by atoms with Crippen molar-refractivity contribution >= 4 is 11.8 Å². The first kappa shape index (κ1) is 16.2. The molecule has 0 spiro atoms. The molecule has 2 N–H and O–H groups in total. The van der Waals surface area contributed by atoms with Gasteiger partial charge in [-0.25, -0.2) is 0 Å². The molecule has 0 bridgehead atoms. The van der Waals surface area contributed by atoms with Crippen molar-refractivity contribution in [2.24, 2.45) is 11.8 Å². The molecule has 6 nitrogen and oxygen atoms in total. The Kier molecular flexibility index (Phi) is 5.99. The lowest BCUT2D eigenvalue weighted by molar-refractivity contribution is -0.123. The highest BCUT2D eigenvalue weighted by atomic mass is 16.5. The standard InChI is InChI=1S/C15H27N3O3/c1-11-9-13(11)15(20)16-4-3-14(19)17-10-12(2)18-5-7-21-8-6-18/h11-13H,3-10H2,1-2H3,(H,16,20)(H,17,19)/t11-,12+,13-/m1/s1. The van der Waals surface area contributed by atoms with Gasteiger partial charge in [0.25, 0.3) is 0 Å². The molecule has 0 aromatic rings. The smallest absolute Gasteiger partial charge is 0.223 e. The predicted octanol–water partition coefficient (Wildman–Crippen LogP) is -0.0144. The number of hydrogen-bond donors (Lipinski definition) is 2. The van der Waals surface area contributed by atoms with Crippen molar-refractivity contribution in [3.63, 3.8) is 0 Å². The average Bonchev–Trinajstić information content (AvgIpc) is 3.22. The number of ether oxygens (including phenoxy) is 1. The summed E-state index contributed by atoms with van der Waals surface area (Å²) in [5.41, 5.74) is 0. The summed E-state index contributed by atoms with van der Waals surface area (Å²) in [5, 5.41) is 5.76. The van der Waals surface area contributed by atoms with Crippen molar-refractivity contribution in [3.8, 4) is 0 Å². The summed E-state index contributed by atoms with van der Waals surface area (Å²) in [6, 6.07) is 0.319. The zero-order valence-electron chi connectivity index (χ0n) is 13.1. The highest BCUT2D eigenvalue weighted by Crippen LogP contribution is 2.37. The fourth-order valence-corrected chi connectivity index (χ4v) is 2.62. The maximum absolute atomic E-state index is 11.8. The van der Waals surface area contributed by atoms with Crippen LogP contribution in [0.25, 0.3) is 0 Å². The minimum atomic E-state index is -0.000690. The van der Waals surface area contributed by atoms with Gasteiger partial charge in [-0.05, 0) is 19.3 Å². The van der Waals surface area contributed by atoms with Gasteiger partial charge in [-0.15, -0.1) is 0 Å². The molecule has 120 valence electrons. The zero-order valence-corrected chi connectivity index (χ0v) is 13.1. The monoisotopic (exact) mass is 297 g/mol. The van der Waals surface area contributed by atoms with E-state index in [-0.39, 0.29) is 17.7 Å². The fourth-order valence-electron chi connectivity index (χ4n) is 2.62. The van der Waals surface area contributed by atoms with E-state index in [0.29, 0.717) is 31.5 Å². The molecule has 1 saturated carbocycles. The molecule has 2 rings (SSSR count). The van der Waals surface area contributed by atoms with E-state index in [0.717, 1.165) is 32.7 Å². The van der Waals surface area contributed by atoms with E-state index in [4.69, 9.17) is 4.74 Å². The zero-order chi connectivity index (χ0) is 15.2. The predicted molar refractivity (Wildman–Crippen MR) is 79.8 cm³/mol. The van der Waals surface area contributed by atoms with Crippen LogP contribution >= 0.6 is 0 Å². The molecule has 1 aliphatic heterocycles. The van der Waals surface area contributed by atoms with Crippen LogP contribution in [-0.2, 0) is 14.3 Å². The highest BCUT2D eigenvalue weighted by molar-refractivity contribution is 5.82. The Morgan fingerprint density at radius 2 is 1.95 bits per heavy atom. The average molecular weight is 297 g/mol. The Labute approximate surface area is 126 Å². The minimum absolute atomic E-state index is 0.000690. The van der Waals surface area contributed by atoms with Crippen LogP contribution in [0.1, 0.15) is 26.7 Å². The molecule has 1 heterocycles. The second-order valence-electron chi connectivity index (χ2n) is 6.16. The highest BCUT2D eigenvalue weighted by Gasteiger charge is 2.38. The number of amides is 2. The quantitative estimate of drug-likeness (QED) is 0.693. The number of carbonyl (C=O) groups is 2. The number of rotatable bonds is 7. The number of nitrogens with zero attached hydrogens (tertiary/aromatic N) is 1. The van der Waals surface area contributed by atoms with E-state index in [1.165, 1.54) is 0 Å². The van der Waals surface area contributed by atoms with Crippen molar-refractivity contribution in [1.82, 2.24) is 15.5 Å². The third-order valence-electron chi connectivity index (χ3n) is 4.36. The van der Waals surface area contributed by atoms with Crippen molar-refractivity contribution in [2.75, 3.05) is 39.4 Å². The molecule has 2 aliphatic rings. The van der Waals surface area contributed by atoms with Gasteiger partial charge in [0.05, 0.1) is 13.2 Å². The second-order valence-corrected chi connectivity index (χ2v) is 6.16. The summed E-state index contributed by atoms with van der Waals surface area (Å²) < 4.78 is 5.31. The maximum atomic E-state index is 11.8. The van der Waals surface area contributed by atoms with Gasteiger partial charge in [-0.1, -0.05) is 6.92 Å². The largest absolute Gasteiger partial charge is 0.379 e. The van der Waals surface area contributed by atoms with Gasteiger partial charge in [-0.2, -0.15) is 0 Å². The van der Waals surface area contributed by atoms with Crippen LogP contribution < -0.4 is 10.6 Å². The molecule has 1 saturated heterocycles. The van der Waals surface area contributed by atoms with Gasteiger partial charge in [0, 0.05) is 44.6 Å². The van der Waals surface area contributed by atoms with Crippen molar-refractivity contribution < 1.29 is 14.3 Å². The van der Waals surface area contributed by atoms with Crippen LogP contribution in [0.3, 0.4) is 0 Å². The van der Waals surface area contributed by atoms with Gasteiger partial charge < -0.3 is 15.4 Å². The number of nitrogens with one attached hydrogen (secondary N) is 2. The second kappa shape index (κ2) is 7.75. The Bertz CT molecular complexity index is 369.